The van der Waals surface area contributed by atoms with E-state index in [1.807, 2.05) is 0 Å². The summed E-state index contributed by atoms with van der Waals surface area (Å²) in [7, 11) is 0. The molecule has 0 saturated heterocycles. The van der Waals surface area contributed by atoms with Crippen molar-refractivity contribution in [2.75, 3.05) is 0 Å². The minimum absolute atomic E-state index is 0.0845. The van der Waals surface area contributed by atoms with Crippen LogP contribution in [0.2, 0.25) is 0 Å². The van der Waals surface area contributed by atoms with Crippen LogP contribution in [0.15, 0.2) is 35.1 Å². The number of fused-ring (bicyclic) bond motifs is 1. The van der Waals surface area contributed by atoms with Gasteiger partial charge in [-0.3, -0.25) is 10.1 Å². The Balaban J connectivity index is 2.82. The van der Waals surface area contributed by atoms with Crippen LogP contribution in [0.5, 0.6) is 0 Å². The summed E-state index contributed by atoms with van der Waals surface area (Å²) in [6.45, 7) is 0. The molecule has 1 aromatic carbocycles. The number of hydrogen-bond donors (Lipinski definition) is 0. The van der Waals surface area contributed by atoms with Gasteiger partial charge < -0.3 is 4.42 Å². The Labute approximate surface area is 67.6 Å². The predicted molar refractivity (Wildman–Crippen MR) is 42.9 cm³/mol. The van der Waals surface area contributed by atoms with Crippen LogP contribution in [-0.4, -0.2) is 4.92 Å². The first kappa shape index (κ1) is 6.84. The van der Waals surface area contributed by atoms with Crippen molar-refractivity contribution in [3.63, 3.8) is 0 Å². The van der Waals surface area contributed by atoms with Crippen molar-refractivity contribution in [2.24, 2.45) is 0 Å². The molecular formula is C8H5NO3. The molecule has 0 aliphatic heterocycles. The number of non-ortho nitro benzene ring substituents is 1. The monoisotopic (exact) mass is 163 g/mol. The van der Waals surface area contributed by atoms with Crippen LogP contribution in [0.25, 0.3) is 10.8 Å². The highest BCUT2D eigenvalue weighted by molar-refractivity contribution is 5.89. The highest BCUT2D eigenvalue weighted by Crippen LogP contribution is 2.25. The van der Waals surface area contributed by atoms with E-state index in [1.54, 1.807) is 12.1 Å². The molecule has 4 heteroatoms. The summed E-state index contributed by atoms with van der Waals surface area (Å²) >= 11 is 0. The van der Waals surface area contributed by atoms with Crippen LogP contribution < -0.4 is 0 Å². The van der Waals surface area contributed by atoms with Gasteiger partial charge in [0.1, 0.15) is 6.26 Å². The van der Waals surface area contributed by atoms with Gasteiger partial charge in [-0.1, -0.05) is 12.1 Å². The number of nitrogens with zero attached hydrogens (tertiary/aromatic N) is 1. The fourth-order valence-electron chi connectivity index (χ4n) is 1.14. The molecule has 1 aromatic heterocycles. The van der Waals surface area contributed by atoms with Crippen LogP contribution in [0.3, 0.4) is 0 Å². The second kappa shape index (κ2) is 2.34. The lowest BCUT2D eigenvalue weighted by Crippen LogP contribution is -1.86. The first-order valence-corrected chi connectivity index (χ1v) is 3.38. The maximum Gasteiger partial charge on any atom is 0.280 e. The van der Waals surface area contributed by atoms with E-state index in [4.69, 9.17) is 4.42 Å². The molecule has 0 bridgehead atoms. The summed E-state index contributed by atoms with van der Waals surface area (Å²) in [5, 5.41) is 11.8. The van der Waals surface area contributed by atoms with E-state index in [0.717, 1.165) is 5.39 Å². The van der Waals surface area contributed by atoms with E-state index in [0.29, 0.717) is 5.39 Å². The molecule has 60 valence electrons. The zero-order chi connectivity index (χ0) is 8.55. The van der Waals surface area contributed by atoms with Crippen molar-refractivity contribution in [3.05, 3.63) is 40.8 Å². The van der Waals surface area contributed by atoms with Crippen LogP contribution in [0, 0.1) is 10.1 Å². The average molecular weight is 163 g/mol. The van der Waals surface area contributed by atoms with Gasteiger partial charge in [0, 0.05) is 11.5 Å². The first-order chi connectivity index (χ1) is 5.79. The topological polar surface area (TPSA) is 56.3 Å². The van der Waals surface area contributed by atoms with Gasteiger partial charge in [0.15, 0.2) is 0 Å². The Morgan fingerprint density at radius 1 is 1.33 bits per heavy atom. The van der Waals surface area contributed by atoms with Gasteiger partial charge >= 0.3 is 0 Å². The Kier molecular flexibility index (Phi) is 1.33. The molecule has 0 unspecified atom stereocenters. The second-order valence-electron chi connectivity index (χ2n) is 2.41. The average Bonchev–Trinajstić information content (AvgIpc) is 2.49. The minimum Gasteiger partial charge on any atom is -0.471 e. The van der Waals surface area contributed by atoms with Crippen molar-refractivity contribution in [3.8, 4) is 0 Å². The fourth-order valence-corrected chi connectivity index (χ4v) is 1.14. The van der Waals surface area contributed by atoms with Crippen LogP contribution >= 0.6 is 0 Å². The smallest absolute Gasteiger partial charge is 0.280 e. The molecule has 0 N–H and O–H groups in total. The number of hydrogen-bond acceptors (Lipinski definition) is 3. The third kappa shape index (κ3) is 0.852. The van der Waals surface area contributed by atoms with Crippen molar-refractivity contribution in [1.82, 2.24) is 0 Å². The quantitative estimate of drug-likeness (QED) is 0.478. The zero-order valence-electron chi connectivity index (χ0n) is 6.06. The summed E-state index contributed by atoms with van der Waals surface area (Å²) < 4.78 is 4.85. The normalized spacial score (nSPS) is 10.3. The summed E-state index contributed by atoms with van der Waals surface area (Å²) in [5.74, 6) is 0. The van der Waals surface area contributed by atoms with Crippen molar-refractivity contribution < 1.29 is 9.34 Å². The molecule has 2 aromatic rings. The number of benzene rings is 1. The van der Waals surface area contributed by atoms with Crippen LogP contribution in [0.1, 0.15) is 0 Å². The summed E-state index contributed by atoms with van der Waals surface area (Å²) in [6.07, 6.45) is 2.87. The lowest BCUT2D eigenvalue weighted by Gasteiger charge is -1.90. The number of nitro groups is 1. The number of rotatable bonds is 1. The van der Waals surface area contributed by atoms with E-state index < -0.39 is 4.92 Å². The van der Waals surface area contributed by atoms with Gasteiger partial charge in [-0.15, -0.1) is 0 Å². The van der Waals surface area contributed by atoms with E-state index in [9.17, 15) is 10.1 Å². The SMILES string of the molecule is O=[N+]([O-])c1cccc2cocc12. The standard InChI is InChI=1S/C8H5NO3/c10-9(11)8-3-1-2-6-4-12-5-7(6)8/h1-5H. The molecule has 1 heterocycles. The molecule has 0 aliphatic rings. The molecular weight excluding hydrogens is 158 g/mol. The van der Waals surface area contributed by atoms with Crippen molar-refractivity contribution >= 4 is 16.5 Å². The number of nitro benzene ring substituents is 1. The molecule has 0 spiro atoms. The van der Waals surface area contributed by atoms with Crippen molar-refractivity contribution in [2.45, 2.75) is 0 Å². The van der Waals surface area contributed by atoms with E-state index in [2.05, 4.69) is 0 Å². The molecule has 12 heavy (non-hydrogen) atoms. The minimum atomic E-state index is -0.419. The second-order valence-corrected chi connectivity index (χ2v) is 2.41. The molecule has 0 aliphatic carbocycles. The highest BCUT2D eigenvalue weighted by Gasteiger charge is 2.11. The summed E-state index contributed by atoms with van der Waals surface area (Å²) in [6, 6.07) is 4.86. The fraction of sp³-hybridized carbons (Fsp3) is 0. The molecule has 0 atom stereocenters. The Morgan fingerprint density at radius 3 is 2.92 bits per heavy atom. The van der Waals surface area contributed by atoms with E-state index >= 15 is 0 Å². The third-order valence-electron chi connectivity index (χ3n) is 1.69. The molecule has 4 nitrogen and oxygen atoms in total. The molecule has 2 rings (SSSR count). The van der Waals surface area contributed by atoms with Gasteiger partial charge in [0.05, 0.1) is 16.6 Å². The van der Waals surface area contributed by atoms with Gasteiger partial charge in [-0.05, 0) is 0 Å². The third-order valence-corrected chi connectivity index (χ3v) is 1.69. The maximum absolute atomic E-state index is 10.5. The van der Waals surface area contributed by atoms with Crippen LogP contribution in [0.4, 0.5) is 5.69 Å². The highest BCUT2D eigenvalue weighted by atomic mass is 16.6. The molecule has 0 saturated carbocycles. The van der Waals surface area contributed by atoms with E-state index in [-0.39, 0.29) is 5.69 Å². The Morgan fingerprint density at radius 2 is 2.17 bits per heavy atom. The predicted octanol–water partition coefficient (Wildman–Crippen LogP) is 2.34. The Hall–Kier alpha value is -1.84. The van der Waals surface area contributed by atoms with Gasteiger partial charge in [0.25, 0.3) is 5.69 Å². The van der Waals surface area contributed by atoms with Gasteiger partial charge in [-0.25, -0.2) is 0 Å². The zero-order valence-corrected chi connectivity index (χ0v) is 6.06. The summed E-state index contributed by atoms with van der Waals surface area (Å²) in [5.41, 5.74) is 0.0845. The van der Waals surface area contributed by atoms with Gasteiger partial charge in [-0.2, -0.15) is 0 Å². The van der Waals surface area contributed by atoms with Crippen LogP contribution in [-0.2, 0) is 0 Å². The van der Waals surface area contributed by atoms with Gasteiger partial charge in [0.2, 0.25) is 0 Å². The Bertz CT molecular complexity index is 433. The lowest BCUT2D eigenvalue weighted by atomic mass is 10.2. The lowest BCUT2D eigenvalue weighted by molar-refractivity contribution is -0.383. The molecule has 0 radical (unpaired) electrons. The summed E-state index contributed by atoms with van der Waals surface area (Å²) in [4.78, 5) is 10.1. The largest absolute Gasteiger partial charge is 0.471 e. The first-order valence-electron chi connectivity index (χ1n) is 3.38. The van der Waals surface area contributed by atoms with Crippen molar-refractivity contribution in [1.29, 1.82) is 0 Å². The molecule has 0 fully saturated rings. The van der Waals surface area contributed by atoms with E-state index in [1.165, 1.54) is 18.6 Å². The maximum atomic E-state index is 10.5. The number of furan rings is 1. The molecule has 0 amide bonds.